The maximum absolute atomic E-state index is 12.6. The summed E-state index contributed by atoms with van der Waals surface area (Å²) in [5.41, 5.74) is 1.08. The summed E-state index contributed by atoms with van der Waals surface area (Å²) in [5, 5.41) is 0.498. The van der Waals surface area contributed by atoms with Gasteiger partial charge in [-0.1, -0.05) is 35.9 Å². The maximum Gasteiger partial charge on any atom is 0.304 e. The molecule has 0 aliphatic carbocycles. The van der Waals surface area contributed by atoms with Gasteiger partial charge in [-0.25, -0.2) is 4.90 Å². The molecule has 2 aromatic carbocycles. The van der Waals surface area contributed by atoms with E-state index < -0.39 is 24.0 Å². The van der Waals surface area contributed by atoms with Crippen molar-refractivity contribution < 1.29 is 19.1 Å². The minimum Gasteiger partial charge on any atom is -0.437 e. The lowest BCUT2D eigenvalue weighted by atomic mass is 10.1. The molecule has 2 aromatic rings. The SMILES string of the molecule is CC(=O)OC(c1ccc(Cl)cc1)N1C(=O)c2ccccc2C1=O. The number of fused-ring (bicyclic) bond motifs is 1. The van der Waals surface area contributed by atoms with E-state index in [4.69, 9.17) is 16.3 Å². The number of hydrogen-bond acceptors (Lipinski definition) is 4. The molecule has 6 heteroatoms. The molecule has 0 saturated carbocycles. The molecular formula is C17H12ClNO4. The minimum absolute atomic E-state index is 0.295. The number of esters is 1. The Morgan fingerprint density at radius 3 is 2.00 bits per heavy atom. The molecule has 0 N–H and O–H groups in total. The highest BCUT2D eigenvalue weighted by Crippen LogP contribution is 2.32. The fraction of sp³-hybridized carbons (Fsp3) is 0.118. The molecule has 116 valence electrons. The number of carbonyl (C=O) groups is 3. The second-order valence-corrected chi connectivity index (χ2v) is 5.48. The summed E-state index contributed by atoms with van der Waals surface area (Å²) in [4.78, 5) is 37.5. The van der Waals surface area contributed by atoms with Crippen LogP contribution in [0.2, 0.25) is 5.02 Å². The van der Waals surface area contributed by atoms with E-state index in [-0.39, 0.29) is 0 Å². The van der Waals surface area contributed by atoms with Crippen molar-refractivity contribution in [2.45, 2.75) is 13.2 Å². The normalized spacial score (nSPS) is 14.6. The number of nitrogens with zero attached hydrogens (tertiary/aromatic N) is 1. The lowest BCUT2D eigenvalue weighted by Gasteiger charge is -2.25. The molecule has 1 aliphatic heterocycles. The monoisotopic (exact) mass is 329 g/mol. The minimum atomic E-state index is -1.13. The van der Waals surface area contributed by atoms with Gasteiger partial charge in [-0.2, -0.15) is 0 Å². The van der Waals surface area contributed by atoms with Crippen molar-refractivity contribution in [2.75, 3.05) is 0 Å². The molecule has 1 unspecified atom stereocenters. The van der Waals surface area contributed by atoms with Crippen LogP contribution in [0.3, 0.4) is 0 Å². The Kier molecular flexibility index (Phi) is 3.88. The lowest BCUT2D eigenvalue weighted by molar-refractivity contribution is -0.152. The van der Waals surface area contributed by atoms with Gasteiger partial charge in [0.25, 0.3) is 11.8 Å². The van der Waals surface area contributed by atoms with Gasteiger partial charge in [-0.3, -0.25) is 14.4 Å². The maximum atomic E-state index is 12.6. The van der Waals surface area contributed by atoms with E-state index in [9.17, 15) is 14.4 Å². The Balaban J connectivity index is 2.04. The highest BCUT2D eigenvalue weighted by molar-refractivity contribution is 6.30. The van der Waals surface area contributed by atoms with Crippen molar-refractivity contribution in [1.82, 2.24) is 4.90 Å². The van der Waals surface area contributed by atoms with Crippen molar-refractivity contribution >= 4 is 29.4 Å². The van der Waals surface area contributed by atoms with Gasteiger partial charge in [0.2, 0.25) is 6.23 Å². The molecule has 1 atom stereocenters. The van der Waals surface area contributed by atoms with E-state index in [1.54, 1.807) is 48.5 Å². The number of imide groups is 1. The van der Waals surface area contributed by atoms with Crippen LogP contribution in [0.5, 0.6) is 0 Å². The van der Waals surface area contributed by atoms with Gasteiger partial charge in [-0.15, -0.1) is 0 Å². The molecule has 1 heterocycles. The molecule has 0 aromatic heterocycles. The van der Waals surface area contributed by atoms with Gasteiger partial charge in [-0.05, 0) is 24.3 Å². The summed E-state index contributed by atoms with van der Waals surface area (Å²) in [6.45, 7) is 1.22. The van der Waals surface area contributed by atoms with Crippen LogP contribution < -0.4 is 0 Å². The first-order valence-corrected chi connectivity index (χ1v) is 7.26. The Morgan fingerprint density at radius 2 is 1.52 bits per heavy atom. The number of benzene rings is 2. The van der Waals surface area contributed by atoms with Crippen molar-refractivity contribution in [3.63, 3.8) is 0 Å². The standard InChI is InChI=1S/C17H12ClNO4/c1-10(20)23-17(11-6-8-12(18)9-7-11)19-15(21)13-4-2-3-5-14(13)16(19)22/h2-9,17H,1H3. The van der Waals surface area contributed by atoms with Crippen LogP contribution in [0.4, 0.5) is 0 Å². The number of rotatable bonds is 3. The van der Waals surface area contributed by atoms with E-state index in [2.05, 4.69) is 0 Å². The quantitative estimate of drug-likeness (QED) is 0.641. The second kappa shape index (κ2) is 5.85. The van der Waals surface area contributed by atoms with Crippen molar-refractivity contribution in [3.05, 3.63) is 70.2 Å². The van der Waals surface area contributed by atoms with E-state index in [1.165, 1.54) is 6.92 Å². The van der Waals surface area contributed by atoms with Gasteiger partial charge in [0.1, 0.15) is 0 Å². The van der Waals surface area contributed by atoms with Gasteiger partial charge in [0.05, 0.1) is 11.1 Å². The molecule has 0 spiro atoms. The first kappa shape index (κ1) is 15.2. The first-order chi connectivity index (χ1) is 11.0. The molecule has 0 radical (unpaired) electrons. The molecule has 0 bridgehead atoms. The Hall–Kier alpha value is -2.66. The number of ether oxygens (including phenoxy) is 1. The summed E-state index contributed by atoms with van der Waals surface area (Å²) < 4.78 is 5.23. The summed E-state index contributed by atoms with van der Waals surface area (Å²) in [6, 6.07) is 12.9. The molecule has 1 aliphatic rings. The molecule has 0 fully saturated rings. The average molecular weight is 330 g/mol. The van der Waals surface area contributed by atoms with Crippen molar-refractivity contribution in [1.29, 1.82) is 0 Å². The molecule has 2 amide bonds. The van der Waals surface area contributed by atoms with Crippen LogP contribution >= 0.6 is 11.6 Å². The Bertz CT molecular complexity index is 765. The summed E-state index contributed by atoms with van der Waals surface area (Å²) >= 11 is 5.86. The van der Waals surface area contributed by atoms with Crippen molar-refractivity contribution in [3.8, 4) is 0 Å². The predicted molar refractivity (Wildman–Crippen MR) is 82.9 cm³/mol. The van der Waals surface area contributed by atoms with Crippen LogP contribution in [0.15, 0.2) is 48.5 Å². The van der Waals surface area contributed by atoms with Gasteiger partial charge in [0.15, 0.2) is 0 Å². The highest BCUT2D eigenvalue weighted by Gasteiger charge is 2.41. The van der Waals surface area contributed by atoms with Gasteiger partial charge >= 0.3 is 5.97 Å². The molecular weight excluding hydrogens is 318 g/mol. The summed E-state index contributed by atoms with van der Waals surface area (Å²) in [6.07, 6.45) is -1.13. The van der Waals surface area contributed by atoms with Crippen LogP contribution in [0, 0.1) is 0 Å². The topological polar surface area (TPSA) is 63.7 Å². The third-order valence-corrected chi connectivity index (χ3v) is 3.74. The molecule has 5 nitrogen and oxygen atoms in total. The van der Waals surface area contributed by atoms with E-state index in [0.29, 0.717) is 21.7 Å². The third kappa shape index (κ3) is 2.71. The largest absolute Gasteiger partial charge is 0.437 e. The number of halogens is 1. The lowest BCUT2D eigenvalue weighted by Crippen LogP contribution is -2.36. The van der Waals surface area contributed by atoms with Crippen LogP contribution in [0.1, 0.15) is 39.4 Å². The number of hydrogen-bond donors (Lipinski definition) is 0. The highest BCUT2D eigenvalue weighted by atomic mass is 35.5. The zero-order valence-corrected chi connectivity index (χ0v) is 12.9. The third-order valence-electron chi connectivity index (χ3n) is 3.49. The zero-order chi connectivity index (χ0) is 16.6. The van der Waals surface area contributed by atoms with E-state index >= 15 is 0 Å². The van der Waals surface area contributed by atoms with E-state index in [1.807, 2.05) is 0 Å². The van der Waals surface area contributed by atoms with Crippen LogP contribution in [0.25, 0.3) is 0 Å². The summed E-state index contributed by atoms with van der Waals surface area (Å²) in [5.74, 6) is -1.58. The van der Waals surface area contributed by atoms with Crippen LogP contribution in [-0.4, -0.2) is 22.7 Å². The van der Waals surface area contributed by atoms with Gasteiger partial charge < -0.3 is 4.74 Å². The molecule has 3 rings (SSSR count). The zero-order valence-electron chi connectivity index (χ0n) is 12.2. The summed E-state index contributed by atoms with van der Waals surface area (Å²) in [7, 11) is 0. The first-order valence-electron chi connectivity index (χ1n) is 6.88. The second-order valence-electron chi connectivity index (χ2n) is 5.04. The fourth-order valence-electron chi connectivity index (χ4n) is 2.48. The average Bonchev–Trinajstić information content (AvgIpc) is 2.78. The predicted octanol–water partition coefficient (Wildman–Crippen LogP) is 3.20. The molecule has 23 heavy (non-hydrogen) atoms. The molecule has 0 saturated heterocycles. The number of amides is 2. The fourth-order valence-corrected chi connectivity index (χ4v) is 2.60. The van der Waals surface area contributed by atoms with E-state index in [0.717, 1.165) is 4.90 Å². The van der Waals surface area contributed by atoms with Gasteiger partial charge in [0, 0.05) is 17.5 Å². The van der Waals surface area contributed by atoms with Crippen LogP contribution in [-0.2, 0) is 9.53 Å². The number of carbonyl (C=O) groups excluding carboxylic acids is 3. The van der Waals surface area contributed by atoms with Crippen molar-refractivity contribution in [2.24, 2.45) is 0 Å². The smallest absolute Gasteiger partial charge is 0.304 e. The Labute approximate surface area is 137 Å². The Morgan fingerprint density at radius 1 is 1.00 bits per heavy atom.